The van der Waals surface area contributed by atoms with Gasteiger partial charge in [-0.25, -0.2) is 4.39 Å². The van der Waals surface area contributed by atoms with Crippen molar-refractivity contribution in [3.8, 4) is 11.5 Å². The van der Waals surface area contributed by atoms with Crippen molar-refractivity contribution in [2.24, 2.45) is 0 Å². The molecule has 1 atom stereocenters. The number of nitrogens with one attached hydrogen (secondary N) is 1. The molecule has 0 aliphatic carbocycles. The highest BCUT2D eigenvalue weighted by atomic mass is 32.2. The summed E-state index contributed by atoms with van der Waals surface area (Å²) in [6, 6.07) is 24.3. The summed E-state index contributed by atoms with van der Waals surface area (Å²) in [4.78, 5) is 13.0. The van der Waals surface area contributed by atoms with Crippen molar-refractivity contribution in [3.63, 3.8) is 0 Å². The maximum absolute atomic E-state index is 13.1. The number of hydrogen-bond acceptors (Lipinski definition) is 5. The Morgan fingerprint density at radius 2 is 1.55 bits per heavy atom. The van der Waals surface area contributed by atoms with Crippen molar-refractivity contribution < 1.29 is 13.6 Å². The van der Waals surface area contributed by atoms with E-state index in [2.05, 4.69) is 15.5 Å². The lowest BCUT2D eigenvalue weighted by Gasteiger charge is -2.15. The topological polar surface area (TPSA) is 68.0 Å². The van der Waals surface area contributed by atoms with Crippen LogP contribution in [-0.4, -0.2) is 16.1 Å². The number of aromatic nitrogens is 2. The molecule has 1 heterocycles. The van der Waals surface area contributed by atoms with E-state index >= 15 is 0 Å². The molecule has 0 bridgehead atoms. The summed E-state index contributed by atoms with van der Waals surface area (Å²) in [5.74, 6) is -0.248. The first-order valence-electron chi connectivity index (χ1n) is 8.86. The van der Waals surface area contributed by atoms with E-state index < -0.39 is 5.25 Å². The van der Waals surface area contributed by atoms with Gasteiger partial charge in [0.05, 0.1) is 0 Å². The van der Waals surface area contributed by atoms with Crippen LogP contribution < -0.4 is 5.32 Å². The third-order valence-electron chi connectivity index (χ3n) is 4.10. The third-order valence-corrected chi connectivity index (χ3v) is 5.19. The fourth-order valence-corrected chi connectivity index (χ4v) is 3.57. The molecule has 0 saturated heterocycles. The van der Waals surface area contributed by atoms with Crippen molar-refractivity contribution in [2.75, 3.05) is 5.32 Å². The first-order chi connectivity index (χ1) is 14.2. The second kappa shape index (κ2) is 8.70. The molecule has 7 heteroatoms. The molecule has 0 fully saturated rings. The van der Waals surface area contributed by atoms with Crippen LogP contribution in [-0.2, 0) is 4.79 Å². The van der Waals surface area contributed by atoms with Gasteiger partial charge in [-0.1, -0.05) is 48.5 Å². The molecule has 0 aliphatic rings. The SMILES string of the molecule is O=C(Nc1ccc(F)cc1)[C@H](Sc1nnc(-c2ccccc2)o1)c1ccccc1. The maximum atomic E-state index is 13.1. The van der Waals surface area contributed by atoms with Crippen molar-refractivity contribution >= 4 is 23.4 Å². The lowest BCUT2D eigenvalue weighted by molar-refractivity contribution is -0.115. The smallest absolute Gasteiger partial charge is 0.277 e. The molecule has 4 aromatic rings. The number of amides is 1. The lowest BCUT2D eigenvalue weighted by Crippen LogP contribution is -2.19. The highest BCUT2D eigenvalue weighted by Crippen LogP contribution is 2.36. The second-order valence-electron chi connectivity index (χ2n) is 6.14. The van der Waals surface area contributed by atoms with Crippen LogP contribution in [0.5, 0.6) is 0 Å². The predicted molar refractivity (Wildman–Crippen MR) is 110 cm³/mol. The van der Waals surface area contributed by atoms with Gasteiger partial charge < -0.3 is 9.73 Å². The molecule has 0 spiro atoms. The summed E-state index contributed by atoms with van der Waals surface area (Å²) in [5, 5.41) is 10.6. The van der Waals surface area contributed by atoms with Crippen LogP contribution in [0.15, 0.2) is 94.6 Å². The number of rotatable bonds is 6. The van der Waals surface area contributed by atoms with E-state index in [4.69, 9.17) is 4.42 Å². The monoisotopic (exact) mass is 405 g/mol. The van der Waals surface area contributed by atoms with Crippen molar-refractivity contribution in [1.29, 1.82) is 0 Å². The van der Waals surface area contributed by atoms with Gasteiger partial charge in [0.2, 0.25) is 11.8 Å². The standard InChI is InChI=1S/C22H16FN3O2S/c23-17-11-13-18(14-12-17)24-20(27)19(15-7-3-1-4-8-15)29-22-26-25-21(28-22)16-9-5-2-6-10-16/h1-14,19H,(H,24,27)/t19-/m1/s1. The van der Waals surface area contributed by atoms with E-state index in [0.29, 0.717) is 11.6 Å². The number of thioether (sulfide) groups is 1. The van der Waals surface area contributed by atoms with Crippen molar-refractivity contribution in [3.05, 3.63) is 96.3 Å². The molecule has 0 saturated carbocycles. The van der Waals surface area contributed by atoms with Gasteiger partial charge in [0.1, 0.15) is 11.1 Å². The van der Waals surface area contributed by atoms with Gasteiger partial charge in [-0.2, -0.15) is 0 Å². The summed E-state index contributed by atoms with van der Waals surface area (Å²) in [6.45, 7) is 0. The Kier molecular flexibility index (Phi) is 5.67. The molecule has 4 rings (SSSR count). The number of carbonyl (C=O) groups excluding carboxylic acids is 1. The zero-order chi connectivity index (χ0) is 20.1. The first kappa shape index (κ1) is 18.9. The summed E-state index contributed by atoms with van der Waals surface area (Å²) in [5.41, 5.74) is 2.10. The lowest BCUT2D eigenvalue weighted by atomic mass is 10.1. The summed E-state index contributed by atoms with van der Waals surface area (Å²) in [6.07, 6.45) is 0. The maximum Gasteiger partial charge on any atom is 0.277 e. The Hall–Kier alpha value is -3.45. The van der Waals surface area contributed by atoms with E-state index in [-0.39, 0.29) is 16.9 Å². The normalized spacial score (nSPS) is 11.8. The predicted octanol–water partition coefficient (Wildman–Crippen LogP) is 5.35. The Morgan fingerprint density at radius 1 is 0.897 bits per heavy atom. The number of benzene rings is 3. The minimum atomic E-state index is -0.620. The minimum absolute atomic E-state index is 0.271. The van der Waals surface area contributed by atoms with Gasteiger partial charge in [0.15, 0.2) is 0 Å². The Bertz CT molecular complexity index is 1090. The largest absolute Gasteiger partial charge is 0.411 e. The van der Waals surface area contributed by atoms with E-state index in [9.17, 15) is 9.18 Å². The van der Waals surface area contributed by atoms with Crippen LogP contribution in [0.3, 0.4) is 0 Å². The van der Waals surface area contributed by atoms with E-state index in [1.807, 2.05) is 60.7 Å². The highest BCUT2D eigenvalue weighted by molar-refractivity contribution is 8.00. The van der Waals surface area contributed by atoms with E-state index in [1.54, 1.807) is 0 Å². The average molecular weight is 405 g/mol. The summed E-state index contributed by atoms with van der Waals surface area (Å²) in [7, 11) is 0. The third kappa shape index (κ3) is 4.70. The van der Waals surface area contributed by atoms with Crippen LogP contribution in [0.2, 0.25) is 0 Å². The number of hydrogen-bond donors (Lipinski definition) is 1. The number of nitrogens with zero attached hydrogens (tertiary/aromatic N) is 2. The van der Waals surface area contributed by atoms with Gasteiger partial charge >= 0.3 is 0 Å². The number of halogens is 1. The average Bonchev–Trinajstić information content (AvgIpc) is 3.24. The molecule has 0 radical (unpaired) electrons. The number of anilines is 1. The van der Waals surface area contributed by atoms with Gasteiger partial charge in [0, 0.05) is 11.3 Å². The molecular formula is C22H16FN3O2S. The van der Waals surface area contributed by atoms with E-state index in [0.717, 1.165) is 22.9 Å². The van der Waals surface area contributed by atoms with Gasteiger partial charge in [-0.3, -0.25) is 4.79 Å². The van der Waals surface area contributed by atoms with Crippen LogP contribution >= 0.6 is 11.8 Å². The van der Waals surface area contributed by atoms with Crippen LogP contribution in [0.4, 0.5) is 10.1 Å². The Labute approximate surface area is 171 Å². The molecule has 0 unspecified atom stereocenters. The Morgan fingerprint density at radius 3 is 2.24 bits per heavy atom. The second-order valence-corrected chi connectivity index (χ2v) is 7.20. The molecular weight excluding hydrogens is 389 g/mol. The van der Waals surface area contributed by atoms with Gasteiger partial charge in [-0.15, -0.1) is 10.2 Å². The first-order valence-corrected chi connectivity index (χ1v) is 9.74. The summed E-state index contributed by atoms with van der Waals surface area (Å²) < 4.78 is 18.9. The zero-order valence-electron chi connectivity index (χ0n) is 15.2. The fourth-order valence-electron chi connectivity index (χ4n) is 2.70. The van der Waals surface area contributed by atoms with Crippen LogP contribution in [0.1, 0.15) is 10.8 Å². The quantitative estimate of drug-likeness (QED) is 0.438. The zero-order valence-corrected chi connectivity index (χ0v) is 16.0. The number of carbonyl (C=O) groups is 1. The van der Waals surface area contributed by atoms with E-state index in [1.165, 1.54) is 24.3 Å². The Balaban J connectivity index is 1.57. The minimum Gasteiger partial charge on any atom is -0.411 e. The molecule has 1 aromatic heterocycles. The van der Waals surface area contributed by atoms with Crippen LogP contribution in [0, 0.1) is 5.82 Å². The molecule has 5 nitrogen and oxygen atoms in total. The molecule has 1 N–H and O–H groups in total. The van der Waals surface area contributed by atoms with Crippen molar-refractivity contribution in [1.82, 2.24) is 10.2 Å². The fraction of sp³-hybridized carbons (Fsp3) is 0.0455. The highest BCUT2D eigenvalue weighted by Gasteiger charge is 2.25. The molecule has 3 aromatic carbocycles. The molecule has 144 valence electrons. The van der Waals surface area contributed by atoms with Gasteiger partial charge in [0.25, 0.3) is 5.22 Å². The molecule has 1 amide bonds. The molecule has 29 heavy (non-hydrogen) atoms. The summed E-state index contributed by atoms with van der Waals surface area (Å²) >= 11 is 1.16. The molecule has 0 aliphatic heterocycles. The van der Waals surface area contributed by atoms with Gasteiger partial charge in [-0.05, 0) is 53.7 Å². The van der Waals surface area contributed by atoms with Crippen LogP contribution in [0.25, 0.3) is 11.5 Å². The van der Waals surface area contributed by atoms with Crippen molar-refractivity contribution in [2.45, 2.75) is 10.5 Å².